The number of nitrogens with zero attached hydrogens (tertiary/aromatic N) is 1. The van der Waals surface area contributed by atoms with Crippen LogP contribution >= 0.6 is 0 Å². The van der Waals surface area contributed by atoms with Gasteiger partial charge in [-0.2, -0.15) is 0 Å². The Hall–Kier alpha value is -1.49. The molecule has 1 heterocycles. The van der Waals surface area contributed by atoms with E-state index in [1.54, 1.807) is 0 Å². The molecule has 0 bridgehead atoms. The standard InChI is InChI=1S/C14H18F2N2O/c1-8-5-6-18(11(8)7-17)14(19)12-10(15)4-3-9(2)13(12)16/h3-4,8,11H,5-7,17H2,1-2H3. The van der Waals surface area contributed by atoms with Gasteiger partial charge in [0, 0.05) is 19.1 Å². The Bertz CT molecular complexity index is 504. The average Bonchev–Trinajstić information content (AvgIpc) is 2.75. The number of amides is 1. The number of carbonyl (C=O) groups excluding carboxylic acids is 1. The van der Waals surface area contributed by atoms with Crippen LogP contribution in [-0.2, 0) is 0 Å². The molecule has 0 spiro atoms. The highest BCUT2D eigenvalue weighted by molar-refractivity contribution is 5.95. The van der Waals surface area contributed by atoms with Crippen LogP contribution in [-0.4, -0.2) is 29.9 Å². The molecule has 1 aliphatic heterocycles. The number of carbonyl (C=O) groups is 1. The molecule has 2 atom stereocenters. The van der Waals surface area contributed by atoms with E-state index in [-0.39, 0.29) is 17.5 Å². The summed E-state index contributed by atoms with van der Waals surface area (Å²) in [6.45, 7) is 4.31. The zero-order valence-corrected chi connectivity index (χ0v) is 11.1. The summed E-state index contributed by atoms with van der Waals surface area (Å²) in [6, 6.07) is 2.31. The summed E-state index contributed by atoms with van der Waals surface area (Å²) in [4.78, 5) is 13.8. The van der Waals surface area contributed by atoms with E-state index in [1.165, 1.54) is 17.9 Å². The zero-order chi connectivity index (χ0) is 14.2. The molecule has 19 heavy (non-hydrogen) atoms. The van der Waals surface area contributed by atoms with E-state index in [1.807, 2.05) is 6.92 Å². The number of rotatable bonds is 2. The number of halogens is 2. The number of hydrogen-bond donors (Lipinski definition) is 1. The molecule has 0 saturated carbocycles. The van der Waals surface area contributed by atoms with Crippen molar-refractivity contribution in [2.45, 2.75) is 26.3 Å². The fourth-order valence-electron chi connectivity index (χ4n) is 2.62. The van der Waals surface area contributed by atoms with Crippen LogP contribution in [0.3, 0.4) is 0 Å². The lowest BCUT2D eigenvalue weighted by Gasteiger charge is -2.26. The highest BCUT2D eigenvalue weighted by Gasteiger charge is 2.36. The molecule has 104 valence electrons. The molecule has 3 nitrogen and oxygen atoms in total. The van der Waals surface area contributed by atoms with Crippen molar-refractivity contribution in [2.75, 3.05) is 13.1 Å². The van der Waals surface area contributed by atoms with Gasteiger partial charge in [-0.3, -0.25) is 4.79 Å². The van der Waals surface area contributed by atoms with E-state index in [0.29, 0.717) is 13.1 Å². The van der Waals surface area contributed by atoms with Crippen LogP contribution in [0.15, 0.2) is 12.1 Å². The number of nitrogens with two attached hydrogens (primary N) is 1. The van der Waals surface area contributed by atoms with Crippen LogP contribution in [0.2, 0.25) is 0 Å². The monoisotopic (exact) mass is 268 g/mol. The van der Waals surface area contributed by atoms with Gasteiger partial charge >= 0.3 is 0 Å². The molecule has 1 fully saturated rings. The van der Waals surface area contributed by atoms with E-state index >= 15 is 0 Å². The third-order valence-corrected chi connectivity index (χ3v) is 3.88. The Labute approximate surface area is 111 Å². The number of aryl methyl sites for hydroxylation is 1. The van der Waals surface area contributed by atoms with Gasteiger partial charge in [0.2, 0.25) is 0 Å². The van der Waals surface area contributed by atoms with Crippen LogP contribution in [0.1, 0.15) is 29.3 Å². The van der Waals surface area contributed by atoms with Gasteiger partial charge in [-0.15, -0.1) is 0 Å². The second-order valence-corrected chi connectivity index (χ2v) is 5.12. The van der Waals surface area contributed by atoms with E-state index < -0.39 is 23.1 Å². The smallest absolute Gasteiger partial charge is 0.260 e. The van der Waals surface area contributed by atoms with Crippen molar-refractivity contribution in [3.8, 4) is 0 Å². The van der Waals surface area contributed by atoms with Crippen LogP contribution in [0.25, 0.3) is 0 Å². The second kappa shape index (κ2) is 5.25. The third kappa shape index (κ3) is 2.34. The van der Waals surface area contributed by atoms with Gasteiger partial charge in [-0.1, -0.05) is 13.0 Å². The normalized spacial score (nSPS) is 22.9. The first-order valence-corrected chi connectivity index (χ1v) is 6.43. The Morgan fingerprint density at radius 1 is 1.47 bits per heavy atom. The molecule has 0 aromatic heterocycles. The lowest BCUT2D eigenvalue weighted by atomic mass is 10.0. The van der Waals surface area contributed by atoms with Crippen molar-refractivity contribution in [1.29, 1.82) is 0 Å². The Balaban J connectivity index is 2.38. The Morgan fingerprint density at radius 3 is 2.79 bits per heavy atom. The Kier molecular flexibility index (Phi) is 3.85. The molecule has 2 N–H and O–H groups in total. The maximum absolute atomic E-state index is 14.0. The molecule has 5 heteroatoms. The minimum atomic E-state index is -0.816. The molecular formula is C14H18F2N2O. The molecule has 1 aromatic carbocycles. The van der Waals surface area contributed by atoms with Crippen molar-refractivity contribution < 1.29 is 13.6 Å². The fraction of sp³-hybridized carbons (Fsp3) is 0.500. The SMILES string of the molecule is Cc1ccc(F)c(C(=O)N2CCC(C)C2CN)c1F. The first-order chi connectivity index (χ1) is 8.97. The highest BCUT2D eigenvalue weighted by Crippen LogP contribution is 2.27. The van der Waals surface area contributed by atoms with E-state index in [0.717, 1.165) is 12.5 Å². The molecule has 0 radical (unpaired) electrons. The summed E-state index contributed by atoms with van der Waals surface area (Å²) in [5, 5.41) is 0. The van der Waals surface area contributed by atoms with Crippen LogP contribution in [0.5, 0.6) is 0 Å². The minimum Gasteiger partial charge on any atom is -0.334 e. The number of hydrogen-bond acceptors (Lipinski definition) is 2. The van der Waals surface area contributed by atoms with Crippen molar-refractivity contribution >= 4 is 5.91 Å². The van der Waals surface area contributed by atoms with Gasteiger partial charge in [-0.25, -0.2) is 8.78 Å². The summed E-state index contributed by atoms with van der Waals surface area (Å²) < 4.78 is 27.7. The molecule has 0 aliphatic carbocycles. The predicted molar refractivity (Wildman–Crippen MR) is 68.8 cm³/mol. The molecule has 1 saturated heterocycles. The van der Waals surface area contributed by atoms with Gasteiger partial charge in [0.25, 0.3) is 5.91 Å². The lowest BCUT2D eigenvalue weighted by Crippen LogP contribution is -2.42. The average molecular weight is 268 g/mol. The number of likely N-dealkylation sites (tertiary alicyclic amines) is 1. The minimum absolute atomic E-state index is 0.146. The van der Waals surface area contributed by atoms with Crippen molar-refractivity contribution in [2.24, 2.45) is 11.7 Å². The quantitative estimate of drug-likeness (QED) is 0.892. The topological polar surface area (TPSA) is 46.3 Å². The number of benzene rings is 1. The summed E-state index contributed by atoms with van der Waals surface area (Å²) in [5.41, 5.74) is 5.45. The van der Waals surface area contributed by atoms with Crippen LogP contribution in [0, 0.1) is 24.5 Å². The van der Waals surface area contributed by atoms with Crippen LogP contribution < -0.4 is 5.73 Å². The molecule has 1 aliphatic rings. The van der Waals surface area contributed by atoms with E-state index in [2.05, 4.69) is 0 Å². The third-order valence-electron chi connectivity index (χ3n) is 3.88. The van der Waals surface area contributed by atoms with Gasteiger partial charge in [0.1, 0.15) is 17.2 Å². The maximum atomic E-state index is 14.0. The second-order valence-electron chi connectivity index (χ2n) is 5.12. The molecule has 2 rings (SSSR count). The largest absolute Gasteiger partial charge is 0.334 e. The van der Waals surface area contributed by atoms with Gasteiger partial charge in [-0.05, 0) is 30.9 Å². The van der Waals surface area contributed by atoms with Gasteiger partial charge in [0.05, 0.1) is 0 Å². The van der Waals surface area contributed by atoms with E-state index in [4.69, 9.17) is 5.73 Å². The fourth-order valence-corrected chi connectivity index (χ4v) is 2.62. The maximum Gasteiger partial charge on any atom is 0.260 e. The predicted octanol–water partition coefficient (Wildman–Crippen LogP) is 2.08. The van der Waals surface area contributed by atoms with Crippen molar-refractivity contribution in [3.05, 3.63) is 34.9 Å². The zero-order valence-electron chi connectivity index (χ0n) is 11.1. The Morgan fingerprint density at radius 2 is 2.16 bits per heavy atom. The summed E-state index contributed by atoms with van der Waals surface area (Å²) in [7, 11) is 0. The summed E-state index contributed by atoms with van der Waals surface area (Å²) in [6.07, 6.45) is 0.808. The summed E-state index contributed by atoms with van der Waals surface area (Å²) >= 11 is 0. The molecule has 1 amide bonds. The van der Waals surface area contributed by atoms with E-state index in [9.17, 15) is 13.6 Å². The molecular weight excluding hydrogens is 250 g/mol. The van der Waals surface area contributed by atoms with Crippen molar-refractivity contribution in [3.63, 3.8) is 0 Å². The first kappa shape index (κ1) is 13.9. The molecule has 1 aromatic rings. The summed E-state index contributed by atoms with van der Waals surface area (Å²) in [5.74, 6) is -1.94. The lowest BCUT2D eigenvalue weighted by molar-refractivity contribution is 0.0717. The van der Waals surface area contributed by atoms with Crippen molar-refractivity contribution in [1.82, 2.24) is 4.90 Å². The van der Waals surface area contributed by atoms with Gasteiger partial charge < -0.3 is 10.6 Å². The van der Waals surface area contributed by atoms with Gasteiger partial charge in [0.15, 0.2) is 0 Å². The van der Waals surface area contributed by atoms with Crippen LogP contribution in [0.4, 0.5) is 8.78 Å². The molecule has 2 unspecified atom stereocenters. The highest BCUT2D eigenvalue weighted by atomic mass is 19.1. The first-order valence-electron chi connectivity index (χ1n) is 6.43.